The molecule has 0 aliphatic rings. The van der Waals surface area contributed by atoms with Crippen LogP contribution in [-0.4, -0.2) is 19.4 Å². The number of imidazole rings is 1. The molecular formula is C10H5F3N4O. The molecule has 0 aliphatic carbocycles. The second kappa shape index (κ2) is 3.31. The monoisotopic (exact) mass is 254 g/mol. The van der Waals surface area contributed by atoms with Gasteiger partial charge in [-0.25, -0.2) is 9.97 Å². The number of rotatable bonds is 0. The Balaban J connectivity index is 2.54. The van der Waals surface area contributed by atoms with Gasteiger partial charge in [0.05, 0.1) is 11.9 Å². The zero-order valence-electron chi connectivity index (χ0n) is 8.69. The summed E-state index contributed by atoms with van der Waals surface area (Å²) in [6.45, 7) is 0. The molecule has 0 fully saturated rings. The molecule has 18 heavy (non-hydrogen) atoms. The van der Waals surface area contributed by atoms with Gasteiger partial charge in [0.15, 0.2) is 16.8 Å². The molecule has 3 aromatic rings. The highest BCUT2D eigenvalue weighted by atomic mass is 19.4. The average molecular weight is 254 g/mol. The van der Waals surface area contributed by atoms with Crippen molar-refractivity contribution in [3.8, 4) is 0 Å². The van der Waals surface area contributed by atoms with Gasteiger partial charge >= 0.3 is 6.18 Å². The van der Waals surface area contributed by atoms with Gasteiger partial charge in [-0.15, -0.1) is 0 Å². The first-order chi connectivity index (χ1) is 8.48. The highest BCUT2D eigenvalue weighted by Gasteiger charge is 2.34. The van der Waals surface area contributed by atoms with Gasteiger partial charge in [0, 0.05) is 6.20 Å². The van der Waals surface area contributed by atoms with Crippen molar-refractivity contribution < 1.29 is 13.2 Å². The number of aromatic nitrogens is 4. The van der Waals surface area contributed by atoms with Crippen molar-refractivity contribution in [3.05, 3.63) is 40.6 Å². The lowest BCUT2D eigenvalue weighted by Crippen LogP contribution is -2.07. The summed E-state index contributed by atoms with van der Waals surface area (Å²) in [6, 6.07) is 2.15. The lowest BCUT2D eigenvalue weighted by atomic mass is 10.2. The standard InChI is InChI=1S/C10H5F3N4O/c11-10(12,13)5-2-1-3-17-7(5)16-6-8(17)14-4-15-9(6)18/h1-4H,(H,14,15,18). The predicted octanol–water partition coefficient (Wildman–Crippen LogP) is 1.59. The average Bonchev–Trinajstić information content (AvgIpc) is 2.68. The van der Waals surface area contributed by atoms with E-state index in [0.29, 0.717) is 0 Å². The molecule has 0 saturated carbocycles. The van der Waals surface area contributed by atoms with E-state index in [9.17, 15) is 18.0 Å². The van der Waals surface area contributed by atoms with Crippen molar-refractivity contribution in [2.45, 2.75) is 6.18 Å². The molecule has 0 aliphatic heterocycles. The van der Waals surface area contributed by atoms with Crippen LogP contribution in [0, 0.1) is 0 Å². The number of aromatic amines is 1. The Morgan fingerprint density at radius 2 is 2.06 bits per heavy atom. The molecule has 0 aromatic carbocycles. The van der Waals surface area contributed by atoms with E-state index < -0.39 is 17.3 Å². The molecule has 0 saturated heterocycles. The van der Waals surface area contributed by atoms with Crippen LogP contribution in [0.4, 0.5) is 13.2 Å². The second-order valence-corrected chi connectivity index (χ2v) is 3.63. The number of H-pyrrole nitrogens is 1. The zero-order valence-corrected chi connectivity index (χ0v) is 8.69. The van der Waals surface area contributed by atoms with E-state index in [2.05, 4.69) is 15.0 Å². The Bertz CT molecular complexity index is 802. The minimum absolute atomic E-state index is 0.0971. The number of nitrogens with zero attached hydrogens (tertiary/aromatic N) is 3. The van der Waals surface area contributed by atoms with E-state index in [1.807, 2.05) is 0 Å². The summed E-state index contributed by atoms with van der Waals surface area (Å²) in [5, 5.41) is 0. The van der Waals surface area contributed by atoms with Crippen molar-refractivity contribution in [2.24, 2.45) is 0 Å². The van der Waals surface area contributed by atoms with E-state index >= 15 is 0 Å². The van der Waals surface area contributed by atoms with Gasteiger partial charge in [0.2, 0.25) is 0 Å². The van der Waals surface area contributed by atoms with Gasteiger partial charge in [-0.05, 0) is 12.1 Å². The Kier molecular flexibility index (Phi) is 1.98. The second-order valence-electron chi connectivity index (χ2n) is 3.63. The fourth-order valence-corrected chi connectivity index (χ4v) is 1.77. The van der Waals surface area contributed by atoms with Crippen LogP contribution in [0.2, 0.25) is 0 Å². The quantitative estimate of drug-likeness (QED) is 0.662. The number of pyridine rings is 1. The summed E-state index contributed by atoms with van der Waals surface area (Å²) >= 11 is 0. The van der Waals surface area contributed by atoms with E-state index in [1.165, 1.54) is 12.3 Å². The summed E-state index contributed by atoms with van der Waals surface area (Å²) in [5.41, 5.74) is -1.82. The molecule has 1 N–H and O–H groups in total. The molecule has 8 heteroatoms. The molecule has 92 valence electrons. The number of alkyl halides is 3. The summed E-state index contributed by atoms with van der Waals surface area (Å²) < 4.78 is 39.5. The Labute approximate surface area is 96.9 Å². The maximum Gasteiger partial charge on any atom is 0.419 e. The Morgan fingerprint density at radius 1 is 1.28 bits per heavy atom. The molecule has 3 aromatic heterocycles. The fraction of sp³-hybridized carbons (Fsp3) is 0.100. The third-order valence-electron chi connectivity index (χ3n) is 2.53. The van der Waals surface area contributed by atoms with Crippen molar-refractivity contribution in [1.29, 1.82) is 0 Å². The number of hydrogen-bond donors (Lipinski definition) is 1. The number of hydrogen-bond acceptors (Lipinski definition) is 3. The minimum Gasteiger partial charge on any atom is -0.311 e. The maximum absolute atomic E-state index is 12.8. The number of halogens is 3. The van der Waals surface area contributed by atoms with E-state index in [1.54, 1.807) is 0 Å². The highest BCUT2D eigenvalue weighted by Crippen LogP contribution is 2.32. The first-order valence-electron chi connectivity index (χ1n) is 4.90. The SMILES string of the molecule is O=c1[nH]cnc2c1nc1c(C(F)(F)F)cccn12. The molecule has 0 amide bonds. The normalized spacial score (nSPS) is 12.4. The summed E-state index contributed by atoms with van der Waals surface area (Å²) in [6.07, 6.45) is -2.03. The van der Waals surface area contributed by atoms with Crippen LogP contribution in [0.1, 0.15) is 5.56 Å². The number of fused-ring (bicyclic) bond motifs is 3. The molecule has 5 nitrogen and oxygen atoms in total. The van der Waals surface area contributed by atoms with E-state index in [4.69, 9.17) is 0 Å². The third-order valence-corrected chi connectivity index (χ3v) is 2.53. The predicted molar refractivity (Wildman–Crippen MR) is 56.1 cm³/mol. The Morgan fingerprint density at radius 3 is 2.78 bits per heavy atom. The molecule has 0 radical (unpaired) electrons. The number of nitrogens with one attached hydrogen (secondary N) is 1. The molecule has 0 unspecified atom stereocenters. The van der Waals surface area contributed by atoms with Gasteiger partial charge in [0.1, 0.15) is 0 Å². The molecule has 3 heterocycles. The Hall–Kier alpha value is -2.38. The van der Waals surface area contributed by atoms with Crippen LogP contribution in [0.25, 0.3) is 16.8 Å². The highest BCUT2D eigenvalue weighted by molar-refractivity contribution is 5.76. The van der Waals surface area contributed by atoms with Crippen LogP contribution in [0.15, 0.2) is 29.5 Å². The minimum atomic E-state index is -4.53. The van der Waals surface area contributed by atoms with Gasteiger partial charge in [0.25, 0.3) is 5.56 Å². The van der Waals surface area contributed by atoms with Crippen molar-refractivity contribution >= 4 is 16.8 Å². The third kappa shape index (κ3) is 1.38. The van der Waals surface area contributed by atoms with Crippen LogP contribution >= 0.6 is 0 Å². The molecule has 0 atom stereocenters. The summed E-state index contributed by atoms with van der Waals surface area (Å²) in [7, 11) is 0. The van der Waals surface area contributed by atoms with E-state index in [-0.39, 0.29) is 16.8 Å². The summed E-state index contributed by atoms with van der Waals surface area (Å²) in [4.78, 5) is 21.3. The van der Waals surface area contributed by atoms with Crippen molar-refractivity contribution in [3.63, 3.8) is 0 Å². The first kappa shape index (κ1) is 10.8. The van der Waals surface area contributed by atoms with Crippen molar-refractivity contribution in [1.82, 2.24) is 19.4 Å². The van der Waals surface area contributed by atoms with Gasteiger partial charge < -0.3 is 4.98 Å². The van der Waals surface area contributed by atoms with Gasteiger partial charge in [-0.2, -0.15) is 13.2 Å². The largest absolute Gasteiger partial charge is 0.419 e. The molecule has 0 spiro atoms. The van der Waals surface area contributed by atoms with Crippen LogP contribution in [-0.2, 0) is 6.18 Å². The lowest BCUT2D eigenvalue weighted by molar-refractivity contribution is -0.136. The van der Waals surface area contributed by atoms with Crippen LogP contribution < -0.4 is 5.56 Å². The topological polar surface area (TPSA) is 63.0 Å². The molecular weight excluding hydrogens is 249 g/mol. The lowest BCUT2D eigenvalue weighted by Gasteiger charge is -2.06. The smallest absolute Gasteiger partial charge is 0.311 e. The van der Waals surface area contributed by atoms with Gasteiger partial charge in [-0.3, -0.25) is 9.20 Å². The van der Waals surface area contributed by atoms with E-state index in [0.717, 1.165) is 16.8 Å². The fourth-order valence-electron chi connectivity index (χ4n) is 1.77. The zero-order chi connectivity index (χ0) is 12.9. The summed E-state index contributed by atoms with van der Waals surface area (Å²) in [5.74, 6) is 0. The molecule has 0 bridgehead atoms. The maximum atomic E-state index is 12.8. The van der Waals surface area contributed by atoms with Crippen LogP contribution in [0.3, 0.4) is 0 Å². The van der Waals surface area contributed by atoms with Gasteiger partial charge in [-0.1, -0.05) is 0 Å². The van der Waals surface area contributed by atoms with Crippen molar-refractivity contribution in [2.75, 3.05) is 0 Å². The van der Waals surface area contributed by atoms with Crippen LogP contribution in [0.5, 0.6) is 0 Å². The molecule has 3 rings (SSSR count). The first-order valence-corrected chi connectivity index (χ1v) is 4.90.